The Morgan fingerprint density at radius 3 is 1.49 bits per heavy atom. The molecular formula is C42H76O5. The van der Waals surface area contributed by atoms with E-state index in [9.17, 15) is 14.7 Å². The van der Waals surface area contributed by atoms with Gasteiger partial charge in [-0.1, -0.05) is 153 Å². The lowest BCUT2D eigenvalue weighted by Gasteiger charge is -2.15. The first kappa shape index (κ1) is 45.1. The highest BCUT2D eigenvalue weighted by Gasteiger charge is 2.14. The van der Waals surface area contributed by atoms with Crippen LogP contribution in [0.15, 0.2) is 36.0 Å². The highest BCUT2D eigenvalue weighted by molar-refractivity contribution is 5.82. The van der Waals surface area contributed by atoms with Gasteiger partial charge < -0.3 is 14.6 Å². The van der Waals surface area contributed by atoms with Crippen LogP contribution in [0.4, 0.5) is 0 Å². The van der Waals surface area contributed by atoms with Gasteiger partial charge in [0.25, 0.3) is 0 Å². The first-order chi connectivity index (χ1) is 23.1. The lowest BCUT2D eigenvalue weighted by Crippen LogP contribution is -2.23. The fourth-order valence-electron chi connectivity index (χ4n) is 5.64. The molecule has 0 radical (unpaired) electrons. The first-order valence-corrected chi connectivity index (χ1v) is 20.0. The smallest absolute Gasteiger partial charge is 0.330 e. The van der Waals surface area contributed by atoms with Crippen LogP contribution in [-0.2, 0) is 19.1 Å². The van der Waals surface area contributed by atoms with E-state index < -0.39 is 5.92 Å². The number of carbonyl (C=O) groups is 2. The first-order valence-electron chi connectivity index (χ1n) is 20.0. The van der Waals surface area contributed by atoms with E-state index in [4.69, 9.17) is 9.47 Å². The maximum Gasteiger partial charge on any atom is 0.330 e. The fraction of sp³-hybridized carbons (Fsp3) is 0.810. The van der Waals surface area contributed by atoms with Crippen LogP contribution >= 0.6 is 0 Å². The molecule has 1 N–H and O–H groups in total. The number of aliphatic hydroxyl groups excluding tert-OH is 1. The Kier molecular flexibility index (Phi) is 35.5. The van der Waals surface area contributed by atoms with Gasteiger partial charge in [-0.05, 0) is 64.2 Å². The van der Waals surface area contributed by atoms with Gasteiger partial charge in [-0.15, -0.1) is 0 Å². The highest BCUT2D eigenvalue weighted by atomic mass is 16.5. The summed E-state index contributed by atoms with van der Waals surface area (Å²) in [6.45, 7) is 6.67. The van der Waals surface area contributed by atoms with Crippen molar-refractivity contribution in [3.05, 3.63) is 36.0 Å². The van der Waals surface area contributed by atoms with Crippen molar-refractivity contribution < 1.29 is 24.2 Å². The summed E-state index contributed by atoms with van der Waals surface area (Å²) in [6.07, 6.45) is 41.9. The standard InChI is InChI=1S/C42H76O5/c1-4-7-10-13-15-17-18-19-20-21-22-23-25-28-31-34-41(44)46-37-40(36-43)38-47-42(45)35-39(32-29-26-12-9-6-3)33-30-27-24-16-14-11-8-5-2/h15,17,19-20,35,40,43H,4-14,16,18,21-34,36-38H2,1-3H3/b17-15-,20-19-,39-35+. The van der Waals surface area contributed by atoms with E-state index in [2.05, 4.69) is 45.1 Å². The van der Waals surface area contributed by atoms with Crippen LogP contribution in [-0.4, -0.2) is 36.9 Å². The minimum Gasteiger partial charge on any atom is -0.465 e. The maximum atomic E-state index is 12.7. The Labute approximate surface area is 291 Å². The van der Waals surface area contributed by atoms with Gasteiger partial charge in [-0.25, -0.2) is 4.79 Å². The zero-order valence-electron chi connectivity index (χ0n) is 31.3. The van der Waals surface area contributed by atoms with E-state index in [0.717, 1.165) is 57.8 Å². The molecule has 0 saturated carbocycles. The van der Waals surface area contributed by atoms with Gasteiger partial charge in [0, 0.05) is 12.5 Å². The lowest BCUT2D eigenvalue weighted by molar-refractivity contribution is -0.147. The molecule has 47 heavy (non-hydrogen) atoms. The molecule has 274 valence electrons. The molecule has 0 aromatic rings. The topological polar surface area (TPSA) is 72.8 Å². The predicted octanol–water partition coefficient (Wildman–Crippen LogP) is 12.3. The third-order valence-electron chi connectivity index (χ3n) is 8.81. The molecule has 0 aromatic heterocycles. The van der Waals surface area contributed by atoms with Crippen molar-refractivity contribution in [2.45, 2.75) is 194 Å². The van der Waals surface area contributed by atoms with Crippen LogP contribution in [0.1, 0.15) is 194 Å². The Morgan fingerprint density at radius 1 is 0.532 bits per heavy atom. The van der Waals surface area contributed by atoms with Gasteiger partial charge in [0.2, 0.25) is 0 Å². The molecule has 0 amide bonds. The molecule has 0 fully saturated rings. The number of hydrogen-bond acceptors (Lipinski definition) is 5. The zero-order valence-corrected chi connectivity index (χ0v) is 31.3. The van der Waals surface area contributed by atoms with Gasteiger partial charge in [0.15, 0.2) is 0 Å². The van der Waals surface area contributed by atoms with Gasteiger partial charge >= 0.3 is 11.9 Å². The highest BCUT2D eigenvalue weighted by Crippen LogP contribution is 2.19. The van der Waals surface area contributed by atoms with Crippen LogP contribution in [0.25, 0.3) is 0 Å². The van der Waals surface area contributed by atoms with Crippen molar-refractivity contribution in [3.63, 3.8) is 0 Å². The minimum atomic E-state index is -0.397. The second kappa shape index (κ2) is 36.9. The Hall–Kier alpha value is -1.88. The van der Waals surface area contributed by atoms with Crippen molar-refractivity contribution in [2.24, 2.45) is 5.92 Å². The Morgan fingerprint density at radius 2 is 0.957 bits per heavy atom. The molecule has 0 aromatic carbocycles. The maximum absolute atomic E-state index is 12.7. The van der Waals surface area contributed by atoms with E-state index in [1.54, 1.807) is 6.08 Å². The summed E-state index contributed by atoms with van der Waals surface area (Å²) in [5.74, 6) is -0.981. The molecule has 0 saturated heterocycles. The number of allylic oxidation sites excluding steroid dienone is 5. The molecule has 1 atom stereocenters. The number of ether oxygens (including phenoxy) is 2. The van der Waals surface area contributed by atoms with Crippen LogP contribution in [0.5, 0.6) is 0 Å². The zero-order chi connectivity index (χ0) is 34.5. The molecule has 0 aliphatic carbocycles. The molecule has 0 aliphatic heterocycles. The average molecular weight is 661 g/mol. The van der Waals surface area contributed by atoms with Crippen molar-refractivity contribution in [1.82, 2.24) is 0 Å². The summed E-state index contributed by atoms with van der Waals surface area (Å²) in [4.78, 5) is 24.9. The summed E-state index contributed by atoms with van der Waals surface area (Å²) in [5, 5.41) is 9.77. The summed E-state index contributed by atoms with van der Waals surface area (Å²) >= 11 is 0. The summed E-state index contributed by atoms with van der Waals surface area (Å²) in [5.41, 5.74) is 1.18. The number of aliphatic hydroxyl groups is 1. The van der Waals surface area contributed by atoms with Gasteiger partial charge in [0.1, 0.15) is 0 Å². The van der Waals surface area contributed by atoms with Crippen molar-refractivity contribution in [1.29, 1.82) is 0 Å². The SMILES string of the molecule is CCCCC/C=C\C/C=C\CCCCCCCC(=O)OCC(CO)COC(=O)/C=C(\CCCCCCC)CCCCCCCCCC. The lowest BCUT2D eigenvalue weighted by atomic mass is 9.99. The van der Waals surface area contributed by atoms with Crippen LogP contribution in [0.2, 0.25) is 0 Å². The van der Waals surface area contributed by atoms with Gasteiger partial charge in [-0.2, -0.15) is 0 Å². The summed E-state index contributed by atoms with van der Waals surface area (Å²) in [6, 6.07) is 0. The van der Waals surface area contributed by atoms with Crippen molar-refractivity contribution in [3.8, 4) is 0 Å². The number of rotatable bonds is 35. The fourth-order valence-corrected chi connectivity index (χ4v) is 5.64. The third kappa shape index (κ3) is 33.8. The predicted molar refractivity (Wildman–Crippen MR) is 201 cm³/mol. The third-order valence-corrected chi connectivity index (χ3v) is 8.81. The molecular weight excluding hydrogens is 584 g/mol. The molecule has 5 heteroatoms. The normalized spacial score (nSPS) is 12.7. The molecule has 0 aliphatic rings. The largest absolute Gasteiger partial charge is 0.465 e. The van der Waals surface area contributed by atoms with Crippen LogP contribution in [0.3, 0.4) is 0 Å². The Balaban J connectivity index is 4.19. The van der Waals surface area contributed by atoms with E-state index in [-0.39, 0.29) is 31.8 Å². The molecule has 1 unspecified atom stereocenters. The monoisotopic (exact) mass is 661 g/mol. The van der Waals surface area contributed by atoms with E-state index >= 15 is 0 Å². The molecule has 0 heterocycles. The molecule has 0 rings (SSSR count). The van der Waals surface area contributed by atoms with Crippen LogP contribution in [0, 0.1) is 5.92 Å². The number of hydrogen-bond donors (Lipinski definition) is 1. The Bertz CT molecular complexity index is 784. The van der Waals surface area contributed by atoms with Crippen molar-refractivity contribution >= 4 is 11.9 Å². The number of esters is 2. The number of carbonyl (C=O) groups excluding carboxylic acids is 2. The number of unbranched alkanes of at least 4 members (excludes halogenated alkanes) is 19. The van der Waals surface area contributed by atoms with E-state index in [1.807, 2.05) is 0 Å². The average Bonchev–Trinajstić information content (AvgIpc) is 3.07. The van der Waals surface area contributed by atoms with Crippen LogP contribution < -0.4 is 0 Å². The second-order valence-electron chi connectivity index (χ2n) is 13.5. The minimum absolute atomic E-state index is 0.0599. The van der Waals surface area contributed by atoms with Gasteiger partial charge in [0.05, 0.1) is 25.7 Å². The molecule has 0 spiro atoms. The van der Waals surface area contributed by atoms with E-state index in [1.165, 1.54) is 115 Å². The summed E-state index contributed by atoms with van der Waals surface area (Å²) in [7, 11) is 0. The molecule has 5 nitrogen and oxygen atoms in total. The summed E-state index contributed by atoms with van der Waals surface area (Å²) < 4.78 is 10.9. The second-order valence-corrected chi connectivity index (χ2v) is 13.5. The van der Waals surface area contributed by atoms with Crippen molar-refractivity contribution in [2.75, 3.05) is 19.8 Å². The van der Waals surface area contributed by atoms with Gasteiger partial charge in [-0.3, -0.25) is 4.79 Å². The quantitative estimate of drug-likeness (QED) is 0.0317. The molecule has 0 bridgehead atoms. The van der Waals surface area contributed by atoms with E-state index in [0.29, 0.717) is 6.42 Å².